The van der Waals surface area contributed by atoms with Gasteiger partial charge in [-0.1, -0.05) is 0 Å². The highest BCUT2D eigenvalue weighted by molar-refractivity contribution is 7.99. The molecule has 4 rings (SSSR count). The predicted molar refractivity (Wildman–Crippen MR) is 90.1 cm³/mol. The highest BCUT2D eigenvalue weighted by Crippen LogP contribution is 2.48. The third-order valence-corrected chi connectivity index (χ3v) is 7.17. The van der Waals surface area contributed by atoms with E-state index in [0.29, 0.717) is 19.3 Å². The largest absolute Gasteiger partial charge is 0.478 e. The van der Waals surface area contributed by atoms with Crippen molar-refractivity contribution >= 4 is 23.5 Å². The zero-order chi connectivity index (χ0) is 18.6. The molecule has 2 saturated carbocycles. The van der Waals surface area contributed by atoms with Crippen LogP contribution >= 0.6 is 11.8 Å². The lowest BCUT2D eigenvalue weighted by molar-refractivity contribution is -0.194. The molecular weight excluding hydrogens is 365 g/mol. The van der Waals surface area contributed by atoms with E-state index in [1.165, 1.54) is 6.20 Å². The second-order valence-electron chi connectivity index (χ2n) is 7.44. The number of nitrogens with zero attached hydrogens (tertiary/aromatic N) is 1. The molecule has 8 atom stereocenters. The number of hydrogen-bond acceptors (Lipinski definition) is 7. The molecule has 3 fully saturated rings. The first-order chi connectivity index (χ1) is 12.4. The van der Waals surface area contributed by atoms with Gasteiger partial charge >= 0.3 is 5.97 Å². The molecule has 0 aromatic heterocycles. The molecule has 9 heteroatoms. The van der Waals surface area contributed by atoms with E-state index in [0.717, 1.165) is 11.8 Å². The molecule has 0 radical (unpaired) electrons. The first-order valence-corrected chi connectivity index (χ1v) is 9.94. The average molecular weight is 387 g/mol. The van der Waals surface area contributed by atoms with Crippen LogP contribution in [0.5, 0.6) is 0 Å². The van der Waals surface area contributed by atoms with Crippen LogP contribution in [0.15, 0.2) is 11.8 Å². The lowest BCUT2D eigenvalue weighted by Gasteiger charge is -2.59. The van der Waals surface area contributed by atoms with Gasteiger partial charge < -0.3 is 25.0 Å². The Labute approximate surface area is 154 Å². The standard InChI is InChI=1S/C17H22FNO6S/c18-10-4-8-13-15(16(10)26-6-20)25-12-3-7(21)1-2-11(12)19(13)5-9(14(8)22)17(23)24/h5,7-8,10-13,15-16,20-21H,1-4,6H2,(H,23,24). The zero-order valence-corrected chi connectivity index (χ0v) is 14.8. The Hall–Kier alpha value is -1.16. The van der Waals surface area contributed by atoms with Crippen LogP contribution < -0.4 is 0 Å². The number of hydrogen-bond donors (Lipinski definition) is 3. The van der Waals surface area contributed by atoms with Gasteiger partial charge in [0.2, 0.25) is 0 Å². The number of carbonyl (C=O) groups excluding carboxylic acids is 1. The van der Waals surface area contributed by atoms with Crippen molar-refractivity contribution in [1.29, 1.82) is 0 Å². The van der Waals surface area contributed by atoms with Crippen molar-refractivity contribution < 1.29 is 34.0 Å². The predicted octanol–water partition coefficient (Wildman–Crippen LogP) is 0.299. The summed E-state index contributed by atoms with van der Waals surface area (Å²) < 4.78 is 21.0. The van der Waals surface area contributed by atoms with E-state index >= 15 is 0 Å². The van der Waals surface area contributed by atoms with Gasteiger partial charge in [-0.3, -0.25) is 4.79 Å². The molecule has 0 amide bonds. The van der Waals surface area contributed by atoms with Gasteiger partial charge in [0.05, 0.1) is 41.6 Å². The highest BCUT2D eigenvalue weighted by Gasteiger charge is 2.58. The fraction of sp³-hybridized carbons (Fsp3) is 0.765. The number of aliphatic carboxylic acids is 1. The van der Waals surface area contributed by atoms with Crippen molar-refractivity contribution in [2.45, 2.75) is 67.5 Å². The van der Waals surface area contributed by atoms with Crippen LogP contribution in [-0.4, -0.2) is 79.7 Å². The van der Waals surface area contributed by atoms with Gasteiger partial charge in [0.15, 0.2) is 5.78 Å². The first kappa shape index (κ1) is 18.2. The molecule has 2 aliphatic heterocycles. The number of Topliss-reactive ketones (excluding diaryl/α,β-unsaturated/α-hetero) is 1. The van der Waals surface area contributed by atoms with Gasteiger partial charge in [-0.25, -0.2) is 9.18 Å². The van der Waals surface area contributed by atoms with E-state index in [-0.39, 0.29) is 30.1 Å². The summed E-state index contributed by atoms with van der Waals surface area (Å²) in [6.45, 7) is 0. The van der Waals surface area contributed by atoms with Crippen LogP contribution in [0.2, 0.25) is 0 Å². The molecule has 8 unspecified atom stereocenters. The number of rotatable bonds is 3. The molecule has 2 heterocycles. The maximum Gasteiger partial charge on any atom is 0.340 e. The second-order valence-corrected chi connectivity index (χ2v) is 8.58. The Bertz CT molecular complexity index is 645. The molecule has 7 nitrogen and oxygen atoms in total. The lowest BCUT2D eigenvalue weighted by atomic mass is 9.71. The van der Waals surface area contributed by atoms with Crippen LogP contribution in [0.25, 0.3) is 0 Å². The monoisotopic (exact) mass is 387 g/mol. The molecule has 4 aliphatic rings. The molecule has 0 spiro atoms. The van der Waals surface area contributed by atoms with E-state index in [1.807, 2.05) is 4.90 Å². The number of morpholine rings is 1. The fourth-order valence-electron chi connectivity index (χ4n) is 4.99. The van der Waals surface area contributed by atoms with Crippen LogP contribution in [-0.2, 0) is 14.3 Å². The summed E-state index contributed by atoms with van der Waals surface area (Å²) in [7, 11) is 0. The maximum absolute atomic E-state index is 14.8. The number of aliphatic hydroxyl groups is 2. The summed E-state index contributed by atoms with van der Waals surface area (Å²) in [6.07, 6.45) is 0.0544. The molecule has 144 valence electrons. The van der Waals surface area contributed by atoms with Crippen LogP contribution in [0, 0.1) is 5.92 Å². The number of thioether (sulfide) groups is 1. The molecular formula is C17H22FNO6S. The summed E-state index contributed by atoms with van der Waals surface area (Å²) in [5.74, 6) is -2.87. The van der Waals surface area contributed by atoms with E-state index in [1.54, 1.807) is 0 Å². The zero-order valence-electron chi connectivity index (χ0n) is 14.0. The fourth-order valence-corrected chi connectivity index (χ4v) is 5.89. The molecule has 0 aromatic rings. The topological polar surface area (TPSA) is 107 Å². The molecule has 1 saturated heterocycles. The second kappa shape index (κ2) is 6.78. The van der Waals surface area contributed by atoms with Crippen LogP contribution in [0.4, 0.5) is 4.39 Å². The minimum Gasteiger partial charge on any atom is -0.478 e. The molecule has 0 aromatic carbocycles. The first-order valence-electron chi connectivity index (χ1n) is 8.89. The third kappa shape index (κ3) is 2.76. The quantitative estimate of drug-likeness (QED) is 0.469. The minimum absolute atomic E-state index is 0.0673. The Morgan fingerprint density at radius 3 is 2.85 bits per heavy atom. The van der Waals surface area contributed by atoms with Gasteiger partial charge in [0.25, 0.3) is 0 Å². The van der Waals surface area contributed by atoms with E-state index < -0.39 is 47.3 Å². The molecule has 0 bridgehead atoms. The summed E-state index contributed by atoms with van der Waals surface area (Å²) in [5.41, 5.74) is -0.308. The van der Waals surface area contributed by atoms with Crippen molar-refractivity contribution in [1.82, 2.24) is 4.90 Å². The summed E-state index contributed by atoms with van der Waals surface area (Å²) in [5, 5.41) is 28.1. The van der Waals surface area contributed by atoms with Crippen molar-refractivity contribution in [3.63, 3.8) is 0 Å². The number of carbonyl (C=O) groups is 2. The Morgan fingerprint density at radius 2 is 2.15 bits per heavy atom. The number of carboxylic acids is 1. The smallest absolute Gasteiger partial charge is 0.340 e. The Kier molecular flexibility index (Phi) is 4.75. The number of fused-ring (bicyclic) bond motifs is 2. The van der Waals surface area contributed by atoms with Crippen molar-refractivity contribution in [3.05, 3.63) is 11.8 Å². The molecule has 3 N–H and O–H groups in total. The average Bonchev–Trinajstić information content (AvgIpc) is 2.59. The summed E-state index contributed by atoms with van der Waals surface area (Å²) in [4.78, 5) is 26.1. The maximum atomic E-state index is 14.8. The van der Waals surface area contributed by atoms with Crippen molar-refractivity contribution in [2.24, 2.45) is 5.92 Å². The Morgan fingerprint density at radius 1 is 1.38 bits per heavy atom. The third-order valence-electron chi connectivity index (χ3n) is 6.07. The van der Waals surface area contributed by atoms with Crippen LogP contribution in [0.3, 0.4) is 0 Å². The van der Waals surface area contributed by atoms with Gasteiger partial charge in [-0.2, -0.15) is 0 Å². The highest BCUT2D eigenvalue weighted by atomic mass is 32.2. The SMILES string of the molecule is O=C(O)C1=CN2C3CCC(O)CC3OC3C(SCO)C(F)CC(C1=O)C32. The van der Waals surface area contributed by atoms with Gasteiger partial charge in [-0.15, -0.1) is 11.8 Å². The number of carboxylic acid groups (broad SMARTS) is 1. The number of alkyl halides is 1. The summed E-state index contributed by atoms with van der Waals surface area (Å²) in [6, 6.07) is -0.571. The van der Waals surface area contributed by atoms with E-state index in [4.69, 9.17) is 4.74 Å². The number of halogens is 1. The van der Waals surface area contributed by atoms with E-state index in [9.17, 15) is 29.3 Å². The van der Waals surface area contributed by atoms with Gasteiger partial charge in [0.1, 0.15) is 11.7 Å². The summed E-state index contributed by atoms with van der Waals surface area (Å²) >= 11 is 1.05. The molecule has 26 heavy (non-hydrogen) atoms. The number of ether oxygens (including phenoxy) is 1. The van der Waals surface area contributed by atoms with Gasteiger partial charge in [0, 0.05) is 18.5 Å². The molecule has 2 aliphatic carbocycles. The lowest BCUT2D eigenvalue weighted by Crippen LogP contribution is -2.70. The van der Waals surface area contributed by atoms with Crippen LogP contribution in [0.1, 0.15) is 25.7 Å². The minimum atomic E-state index is -1.37. The van der Waals surface area contributed by atoms with E-state index in [2.05, 4.69) is 0 Å². The normalized spacial score (nSPS) is 44.8. The van der Waals surface area contributed by atoms with Crippen molar-refractivity contribution in [3.8, 4) is 0 Å². The number of aliphatic hydroxyl groups excluding tert-OH is 2. The Balaban J connectivity index is 1.76. The van der Waals surface area contributed by atoms with Gasteiger partial charge in [-0.05, 0) is 19.3 Å². The van der Waals surface area contributed by atoms with Crippen molar-refractivity contribution in [2.75, 3.05) is 5.94 Å². The number of ketones is 1.